The van der Waals surface area contributed by atoms with Crippen LogP contribution in [-0.2, 0) is 6.54 Å². The van der Waals surface area contributed by atoms with Gasteiger partial charge >= 0.3 is 0 Å². The largest absolute Gasteiger partial charge is 0.326 e. The van der Waals surface area contributed by atoms with Crippen LogP contribution in [0.25, 0.3) is 0 Å². The van der Waals surface area contributed by atoms with Gasteiger partial charge in [-0.3, -0.25) is 9.58 Å². The van der Waals surface area contributed by atoms with Crippen molar-refractivity contribution < 1.29 is 0 Å². The highest BCUT2D eigenvalue weighted by molar-refractivity contribution is 5.00. The Morgan fingerprint density at radius 2 is 2.44 bits per heavy atom. The number of hydrogen-bond acceptors (Lipinski definition) is 3. The van der Waals surface area contributed by atoms with Gasteiger partial charge in [0, 0.05) is 37.9 Å². The second-order valence-corrected chi connectivity index (χ2v) is 4.83. The van der Waals surface area contributed by atoms with E-state index in [0.717, 1.165) is 38.2 Å². The van der Waals surface area contributed by atoms with Crippen LogP contribution in [0, 0.1) is 0 Å². The van der Waals surface area contributed by atoms with Crippen LogP contribution in [0.5, 0.6) is 0 Å². The van der Waals surface area contributed by atoms with Gasteiger partial charge in [-0.15, -0.1) is 0 Å². The molecule has 1 aromatic rings. The summed E-state index contributed by atoms with van der Waals surface area (Å²) in [6.07, 6.45) is 4.32. The third kappa shape index (κ3) is 2.62. The highest BCUT2D eigenvalue weighted by atomic mass is 15.3. The minimum absolute atomic E-state index is 0.358. The SMILES string of the molecule is CCC(C)n1ccc(CN2CC[C@H](N)C2)n1. The quantitative estimate of drug-likeness (QED) is 0.837. The maximum absolute atomic E-state index is 5.89. The van der Waals surface area contributed by atoms with E-state index in [1.165, 1.54) is 0 Å². The maximum Gasteiger partial charge on any atom is 0.0764 e. The fourth-order valence-corrected chi connectivity index (χ4v) is 2.13. The van der Waals surface area contributed by atoms with E-state index in [1.54, 1.807) is 0 Å². The molecule has 16 heavy (non-hydrogen) atoms. The molecule has 1 aliphatic heterocycles. The van der Waals surface area contributed by atoms with Crippen molar-refractivity contribution in [3.05, 3.63) is 18.0 Å². The highest BCUT2D eigenvalue weighted by Crippen LogP contribution is 2.13. The van der Waals surface area contributed by atoms with Crippen LogP contribution in [0.3, 0.4) is 0 Å². The van der Waals surface area contributed by atoms with Crippen LogP contribution in [-0.4, -0.2) is 33.8 Å². The third-order valence-electron chi connectivity index (χ3n) is 3.40. The third-order valence-corrected chi connectivity index (χ3v) is 3.40. The summed E-state index contributed by atoms with van der Waals surface area (Å²) in [6, 6.07) is 2.97. The van der Waals surface area contributed by atoms with Gasteiger partial charge < -0.3 is 5.73 Å². The minimum atomic E-state index is 0.358. The van der Waals surface area contributed by atoms with Crippen LogP contribution in [0.1, 0.15) is 38.4 Å². The summed E-state index contributed by atoms with van der Waals surface area (Å²) in [4.78, 5) is 2.38. The Morgan fingerprint density at radius 3 is 3.06 bits per heavy atom. The normalized spacial score (nSPS) is 23.8. The molecule has 0 bridgehead atoms. The van der Waals surface area contributed by atoms with Gasteiger partial charge in [0.25, 0.3) is 0 Å². The fraction of sp³-hybridized carbons (Fsp3) is 0.750. The summed E-state index contributed by atoms with van der Waals surface area (Å²) < 4.78 is 2.06. The monoisotopic (exact) mass is 222 g/mol. The van der Waals surface area contributed by atoms with Crippen LogP contribution in [0.4, 0.5) is 0 Å². The Balaban J connectivity index is 1.92. The number of likely N-dealkylation sites (tertiary alicyclic amines) is 1. The van der Waals surface area contributed by atoms with Gasteiger partial charge in [-0.2, -0.15) is 5.10 Å². The van der Waals surface area contributed by atoms with Crippen molar-refractivity contribution >= 4 is 0 Å². The number of rotatable bonds is 4. The first kappa shape index (κ1) is 11.6. The number of nitrogens with two attached hydrogens (primary N) is 1. The zero-order chi connectivity index (χ0) is 11.5. The molecule has 2 atom stereocenters. The second kappa shape index (κ2) is 4.97. The van der Waals surface area contributed by atoms with Crippen LogP contribution < -0.4 is 5.73 Å². The van der Waals surface area contributed by atoms with Crippen LogP contribution >= 0.6 is 0 Å². The molecule has 0 aliphatic carbocycles. The summed E-state index contributed by atoms with van der Waals surface area (Å²) in [5.41, 5.74) is 7.05. The zero-order valence-corrected chi connectivity index (χ0v) is 10.3. The van der Waals surface area contributed by atoms with Crippen molar-refractivity contribution in [1.82, 2.24) is 14.7 Å². The Labute approximate surface area is 97.4 Å². The molecule has 0 amide bonds. The lowest BCUT2D eigenvalue weighted by atomic mass is 10.3. The first-order valence-electron chi connectivity index (χ1n) is 6.21. The lowest BCUT2D eigenvalue weighted by Gasteiger charge is -2.13. The van der Waals surface area contributed by atoms with Gasteiger partial charge in [-0.1, -0.05) is 6.92 Å². The summed E-state index contributed by atoms with van der Waals surface area (Å²) in [5.74, 6) is 0. The molecule has 0 saturated carbocycles. The first-order chi connectivity index (χ1) is 7.69. The van der Waals surface area contributed by atoms with E-state index in [1.807, 2.05) is 0 Å². The van der Waals surface area contributed by atoms with Gasteiger partial charge in [0.05, 0.1) is 5.69 Å². The number of nitrogens with zero attached hydrogens (tertiary/aromatic N) is 3. The molecule has 90 valence electrons. The number of hydrogen-bond donors (Lipinski definition) is 1. The molecule has 1 saturated heterocycles. The molecule has 0 radical (unpaired) electrons. The maximum atomic E-state index is 5.89. The molecule has 1 fully saturated rings. The smallest absolute Gasteiger partial charge is 0.0764 e. The summed E-state index contributed by atoms with van der Waals surface area (Å²) in [7, 11) is 0. The van der Waals surface area contributed by atoms with Crippen LogP contribution in [0.15, 0.2) is 12.3 Å². The molecular weight excluding hydrogens is 200 g/mol. The molecule has 0 aromatic carbocycles. The first-order valence-corrected chi connectivity index (χ1v) is 6.21. The van der Waals surface area contributed by atoms with E-state index in [-0.39, 0.29) is 0 Å². The van der Waals surface area contributed by atoms with Gasteiger partial charge in [0.1, 0.15) is 0 Å². The predicted molar refractivity (Wildman–Crippen MR) is 65.1 cm³/mol. The Hall–Kier alpha value is -0.870. The number of aromatic nitrogens is 2. The molecule has 1 aromatic heterocycles. The molecule has 4 heteroatoms. The molecule has 2 rings (SSSR count). The van der Waals surface area contributed by atoms with Crippen molar-refractivity contribution in [1.29, 1.82) is 0 Å². The van der Waals surface area contributed by atoms with Gasteiger partial charge in [0.15, 0.2) is 0 Å². The van der Waals surface area contributed by atoms with Gasteiger partial charge in [-0.05, 0) is 25.8 Å². The molecular formula is C12H22N4. The van der Waals surface area contributed by atoms with E-state index in [9.17, 15) is 0 Å². The highest BCUT2D eigenvalue weighted by Gasteiger charge is 2.19. The van der Waals surface area contributed by atoms with Crippen molar-refractivity contribution in [2.45, 2.75) is 45.3 Å². The van der Waals surface area contributed by atoms with Gasteiger partial charge in [-0.25, -0.2) is 0 Å². The zero-order valence-electron chi connectivity index (χ0n) is 10.3. The van der Waals surface area contributed by atoms with Gasteiger partial charge in [0.2, 0.25) is 0 Å². The topological polar surface area (TPSA) is 47.1 Å². The molecule has 1 aliphatic rings. The summed E-state index contributed by atoms with van der Waals surface area (Å²) in [5, 5.41) is 4.60. The standard InChI is InChI=1S/C12H22N4/c1-3-10(2)16-7-5-12(14-16)9-15-6-4-11(13)8-15/h5,7,10-11H,3-4,6,8-9,13H2,1-2H3/t10?,11-/m0/s1. The predicted octanol–water partition coefficient (Wildman–Crippen LogP) is 1.39. The van der Waals surface area contributed by atoms with E-state index < -0.39 is 0 Å². The Kier molecular flexibility index (Phi) is 3.61. The van der Waals surface area contributed by atoms with Crippen molar-refractivity contribution in [3.8, 4) is 0 Å². The molecule has 0 spiro atoms. The van der Waals surface area contributed by atoms with E-state index >= 15 is 0 Å². The van der Waals surface area contributed by atoms with Crippen molar-refractivity contribution in [3.63, 3.8) is 0 Å². The molecule has 1 unspecified atom stereocenters. The van der Waals surface area contributed by atoms with E-state index in [4.69, 9.17) is 5.73 Å². The van der Waals surface area contributed by atoms with E-state index in [0.29, 0.717) is 12.1 Å². The van der Waals surface area contributed by atoms with Crippen LogP contribution in [0.2, 0.25) is 0 Å². The summed E-state index contributed by atoms with van der Waals surface area (Å²) >= 11 is 0. The minimum Gasteiger partial charge on any atom is -0.326 e. The fourth-order valence-electron chi connectivity index (χ4n) is 2.13. The average molecular weight is 222 g/mol. The Morgan fingerprint density at radius 1 is 1.62 bits per heavy atom. The second-order valence-electron chi connectivity index (χ2n) is 4.83. The lowest BCUT2D eigenvalue weighted by molar-refractivity contribution is 0.319. The molecule has 2 N–H and O–H groups in total. The van der Waals surface area contributed by atoms with E-state index in [2.05, 4.69) is 40.8 Å². The lowest BCUT2D eigenvalue weighted by Crippen LogP contribution is -2.26. The average Bonchev–Trinajstić information content (AvgIpc) is 2.87. The molecule has 4 nitrogen and oxygen atoms in total. The van der Waals surface area contributed by atoms with Crippen molar-refractivity contribution in [2.24, 2.45) is 5.73 Å². The summed E-state index contributed by atoms with van der Waals surface area (Å²) in [6.45, 7) is 7.44. The molecule has 2 heterocycles. The Bertz CT molecular complexity index is 334. The van der Waals surface area contributed by atoms with Crippen molar-refractivity contribution in [2.75, 3.05) is 13.1 Å².